The van der Waals surface area contributed by atoms with Gasteiger partial charge in [0, 0.05) is 24.8 Å². The molecule has 2 heteroatoms. The Hall–Kier alpha value is -1.02. The Bertz CT molecular complexity index is 412. The van der Waals surface area contributed by atoms with Gasteiger partial charge in [0.25, 0.3) is 0 Å². The highest BCUT2D eigenvalue weighted by atomic mass is 15.2. The van der Waals surface area contributed by atoms with Gasteiger partial charge in [0.05, 0.1) is 0 Å². The molecule has 2 saturated heterocycles. The average molecular weight is 272 g/mol. The number of benzene rings is 1. The van der Waals surface area contributed by atoms with Crippen LogP contribution >= 0.6 is 0 Å². The van der Waals surface area contributed by atoms with E-state index in [0.29, 0.717) is 6.04 Å². The smallest absolute Gasteiger partial charge is 0.0342 e. The number of nitrogens with zero attached hydrogens (tertiary/aromatic N) is 1. The summed E-state index contributed by atoms with van der Waals surface area (Å²) in [4.78, 5) is 2.61. The fourth-order valence-corrected chi connectivity index (χ4v) is 3.70. The molecule has 3 rings (SSSR count). The Morgan fingerprint density at radius 1 is 1.10 bits per heavy atom. The molecule has 1 aromatic rings. The van der Waals surface area contributed by atoms with E-state index in [9.17, 15) is 0 Å². The van der Waals surface area contributed by atoms with Gasteiger partial charge in [0.2, 0.25) is 0 Å². The van der Waals surface area contributed by atoms with E-state index < -0.39 is 0 Å². The lowest BCUT2D eigenvalue weighted by molar-refractivity contribution is 0.255. The number of hydrogen-bond acceptors (Lipinski definition) is 2. The first-order valence-corrected chi connectivity index (χ1v) is 8.43. The van der Waals surface area contributed by atoms with Crippen LogP contribution in [0.25, 0.3) is 0 Å². The highest BCUT2D eigenvalue weighted by Gasteiger charge is 2.33. The van der Waals surface area contributed by atoms with Gasteiger partial charge in [0.15, 0.2) is 0 Å². The number of unbranched alkanes of at least 4 members (excludes halogenated alkanes) is 2. The maximum absolute atomic E-state index is 3.78. The molecule has 2 aliphatic heterocycles. The summed E-state index contributed by atoms with van der Waals surface area (Å²) < 4.78 is 0. The van der Waals surface area contributed by atoms with E-state index in [0.717, 1.165) is 5.92 Å². The Labute approximate surface area is 123 Å². The second-order valence-corrected chi connectivity index (χ2v) is 6.54. The van der Waals surface area contributed by atoms with Crippen molar-refractivity contribution >= 4 is 5.69 Å². The average Bonchev–Trinajstić information content (AvgIpc) is 2.87. The summed E-state index contributed by atoms with van der Waals surface area (Å²) >= 11 is 0. The van der Waals surface area contributed by atoms with Crippen LogP contribution in [-0.2, 0) is 6.42 Å². The number of hydrogen-bond donors (Lipinski definition) is 1. The van der Waals surface area contributed by atoms with Gasteiger partial charge in [-0.05, 0) is 55.8 Å². The van der Waals surface area contributed by atoms with Gasteiger partial charge < -0.3 is 10.2 Å². The maximum Gasteiger partial charge on any atom is 0.0342 e. The summed E-state index contributed by atoms with van der Waals surface area (Å²) in [7, 11) is 0. The topological polar surface area (TPSA) is 15.3 Å². The number of piperidine rings is 1. The molecule has 0 saturated carbocycles. The van der Waals surface area contributed by atoms with Crippen molar-refractivity contribution in [1.29, 1.82) is 0 Å². The minimum absolute atomic E-state index is 0.694. The van der Waals surface area contributed by atoms with Crippen molar-refractivity contribution in [2.24, 2.45) is 5.92 Å². The Morgan fingerprint density at radius 2 is 1.90 bits per heavy atom. The summed E-state index contributed by atoms with van der Waals surface area (Å²) in [5, 5.41) is 3.78. The Morgan fingerprint density at radius 3 is 2.70 bits per heavy atom. The molecule has 0 radical (unpaired) electrons. The number of aryl methyl sites for hydroxylation is 1. The molecule has 1 N–H and O–H groups in total. The second kappa shape index (κ2) is 6.62. The number of fused-ring (bicyclic) bond motifs is 2. The van der Waals surface area contributed by atoms with E-state index in [1.165, 1.54) is 69.4 Å². The quantitative estimate of drug-likeness (QED) is 0.789. The van der Waals surface area contributed by atoms with Gasteiger partial charge in [-0.1, -0.05) is 31.9 Å². The fraction of sp³-hybridized carbons (Fsp3) is 0.667. The first-order chi connectivity index (χ1) is 9.85. The van der Waals surface area contributed by atoms with Crippen molar-refractivity contribution in [1.82, 2.24) is 4.90 Å². The van der Waals surface area contributed by atoms with Crippen LogP contribution in [0.5, 0.6) is 0 Å². The molecule has 2 nitrogen and oxygen atoms in total. The molecule has 2 bridgehead atoms. The monoisotopic (exact) mass is 272 g/mol. The first-order valence-electron chi connectivity index (χ1n) is 8.43. The van der Waals surface area contributed by atoms with Gasteiger partial charge >= 0.3 is 0 Å². The van der Waals surface area contributed by atoms with Crippen LogP contribution in [0.1, 0.15) is 44.6 Å². The van der Waals surface area contributed by atoms with Crippen molar-refractivity contribution in [3.05, 3.63) is 29.8 Å². The molecule has 0 aromatic heterocycles. The zero-order valence-electron chi connectivity index (χ0n) is 12.8. The predicted molar refractivity (Wildman–Crippen MR) is 86.2 cm³/mol. The molecule has 2 aliphatic rings. The molecule has 110 valence electrons. The number of anilines is 1. The molecule has 3 atom stereocenters. The van der Waals surface area contributed by atoms with Crippen LogP contribution < -0.4 is 5.32 Å². The fourth-order valence-electron chi connectivity index (χ4n) is 3.70. The van der Waals surface area contributed by atoms with E-state index in [2.05, 4.69) is 41.4 Å². The molecule has 1 aromatic carbocycles. The van der Waals surface area contributed by atoms with Crippen LogP contribution in [0.4, 0.5) is 5.69 Å². The minimum atomic E-state index is 0.694. The molecule has 0 spiro atoms. The molecule has 0 amide bonds. The lowest BCUT2D eigenvalue weighted by Crippen LogP contribution is -2.39. The molecule has 2 heterocycles. The summed E-state index contributed by atoms with van der Waals surface area (Å²) in [5.74, 6) is 0.869. The standard InChI is InChI=1S/C18H28N2/c1-2-3-4-5-15-6-8-17(9-7-15)19-18-11-13-20-12-10-16(18)14-20/h6-9,16,18-19H,2-5,10-14H2,1H3. The number of nitrogens with one attached hydrogen (secondary N) is 1. The molecular weight excluding hydrogens is 244 g/mol. The van der Waals surface area contributed by atoms with E-state index in [4.69, 9.17) is 0 Å². The van der Waals surface area contributed by atoms with E-state index in [1.54, 1.807) is 0 Å². The molecule has 0 aliphatic carbocycles. The van der Waals surface area contributed by atoms with Gasteiger partial charge in [-0.25, -0.2) is 0 Å². The van der Waals surface area contributed by atoms with Crippen molar-refractivity contribution in [2.45, 2.75) is 51.5 Å². The second-order valence-electron chi connectivity index (χ2n) is 6.54. The van der Waals surface area contributed by atoms with Gasteiger partial charge in [-0.15, -0.1) is 0 Å². The molecule has 3 unspecified atom stereocenters. The lowest BCUT2D eigenvalue weighted by atomic mass is 9.94. The van der Waals surface area contributed by atoms with Crippen molar-refractivity contribution in [2.75, 3.05) is 25.0 Å². The normalized spacial score (nSPS) is 28.6. The molecule has 2 fully saturated rings. The zero-order valence-corrected chi connectivity index (χ0v) is 12.8. The van der Waals surface area contributed by atoms with Gasteiger partial charge in [-0.3, -0.25) is 0 Å². The summed E-state index contributed by atoms with van der Waals surface area (Å²) in [6, 6.07) is 9.87. The van der Waals surface area contributed by atoms with E-state index >= 15 is 0 Å². The van der Waals surface area contributed by atoms with Crippen molar-refractivity contribution in [3.63, 3.8) is 0 Å². The van der Waals surface area contributed by atoms with Crippen LogP contribution in [0.2, 0.25) is 0 Å². The van der Waals surface area contributed by atoms with Crippen molar-refractivity contribution in [3.8, 4) is 0 Å². The van der Waals surface area contributed by atoms with Crippen LogP contribution in [0, 0.1) is 5.92 Å². The Kier molecular flexibility index (Phi) is 4.62. The van der Waals surface area contributed by atoms with Gasteiger partial charge in [0.1, 0.15) is 0 Å². The van der Waals surface area contributed by atoms with Gasteiger partial charge in [-0.2, -0.15) is 0 Å². The highest BCUT2D eigenvalue weighted by Crippen LogP contribution is 2.29. The maximum atomic E-state index is 3.78. The van der Waals surface area contributed by atoms with Crippen LogP contribution in [0.15, 0.2) is 24.3 Å². The Balaban J connectivity index is 1.52. The zero-order chi connectivity index (χ0) is 13.8. The SMILES string of the molecule is CCCCCc1ccc(NC2CCN3CCC2C3)cc1. The summed E-state index contributed by atoms with van der Waals surface area (Å²) in [6.45, 7) is 6.18. The third kappa shape index (κ3) is 3.35. The summed E-state index contributed by atoms with van der Waals surface area (Å²) in [6.07, 6.45) is 7.90. The number of rotatable bonds is 6. The third-order valence-corrected chi connectivity index (χ3v) is 5.01. The van der Waals surface area contributed by atoms with E-state index in [-0.39, 0.29) is 0 Å². The van der Waals surface area contributed by atoms with Crippen LogP contribution in [0.3, 0.4) is 0 Å². The van der Waals surface area contributed by atoms with Crippen molar-refractivity contribution < 1.29 is 0 Å². The summed E-state index contributed by atoms with van der Waals surface area (Å²) in [5.41, 5.74) is 2.80. The third-order valence-electron chi connectivity index (χ3n) is 5.01. The predicted octanol–water partition coefficient (Wildman–Crippen LogP) is 3.93. The first kappa shape index (κ1) is 13.9. The minimum Gasteiger partial charge on any atom is -0.382 e. The highest BCUT2D eigenvalue weighted by molar-refractivity contribution is 5.45. The molecular formula is C18H28N2. The lowest BCUT2D eigenvalue weighted by Gasteiger charge is -2.31. The largest absolute Gasteiger partial charge is 0.382 e. The van der Waals surface area contributed by atoms with E-state index in [1.807, 2.05) is 0 Å². The van der Waals surface area contributed by atoms with Crippen LogP contribution in [-0.4, -0.2) is 30.6 Å². The molecule has 20 heavy (non-hydrogen) atoms.